The number of benzene rings is 1. The molecular weight excluding hydrogens is 216 g/mol. The summed E-state index contributed by atoms with van der Waals surface area (Å²) in [6.07, 6.45) is 0.424. The number of hydrogen-bond acceptors (Lipinski definition) is 3. The average Bonchev–Trinajstić information content (AvgIpc) is 2.25. The van der Waals surface area contributed by atoms with Crippen LogP contribution in [0.25, 0.3) is 0 Å². The van der Waals surface area contributed by atoms with Gasteiger partial charge in [0.15, 0.2) is 5.78 Å². The van der Waals surface area contributed by atoms with Crippen LogP contribution in [-0.4, -0.2) is 17.7 Å². The van der Waals surface area contributed by atoms with E-state index in [-0.39, 0.29) is 30.6 Å². The standard InChI is InChI=1S/C13H18N2O2/c1-9(2)15-13(17)7-6-12(16)10-4-3-5-11(14)8-10/h3-5,8-9H,6-7,14H2,1-2H3,(H,15,17). The minimum Gasteiger partial charge on any atom is -0.399 e. The Bertz CT molecular complexity index is 414. The highest BCUT2D eigenvalue weighted by atomic mass is 16.2. The molecule has 0 aliphatic heterocycles. The molecule has 0 aliphatic rings. The molecule has 0 heterocycles. The summed E-state index contributed by atoms with van der Waals surface area (Å²) >= 11 is 0. The number of hydrogen-bond donors (Lipinski definition) is 2. The van der Waals surface area contributed by atoms with Crippen molar-refractivity contribution in [3.05, 3.63) is 29.8 Å². The molecule has 0 aliphatic carbocycles. The van der Waals surface area contributed by atoms with Gasteiger partial charge in [0.1, 0.15) is 0 Å². The first-order chi connectivity index (χ1) is 7.99. The summed E-state index contributed by atoms with van der Waals surface area (Å²) in [6, 6.07) is 6.89. The van der Waals surface area contributed by atoms with Gasteiger partial charge >= 0.3 is 0 Å². The van der Waals surface area contributed by atoms with Crippen LogP contribution in [0.5, 0.6) is 0 Å². The predicted octanol–water partition coefficient (Wildman–Crippen LogP) is 1.76. The van der Waals surface area contributed by atoms with Crippen molar-refractivity contribution in [2.45, 2.75) is 32.7 Å². The number of amides is 1. The van der Waals surface area contributed by atoms with Crippen LogP contribution in [-0.2, 0) is 4.79 Å². The molecule has 1 amide bonds. The molecule has 4 heteroatoms. The minimum absolute atomic E-state index is 0.0591. The summed E-state index contributed by atoms with van der Waals surface area (Å²) in [5.41, 5.74) is 6.70. The second-order valence-electron chi connectivity index (χ2n) is 4.27. The number of carbonyl (C=O) groups is 2. The topological polar surface area (TPSA) is 72.2 Å². The molecular formula is C13H18N2O2. The summed E-state index contributed by atoms with van der Waals surface area (Å²) in [7, 11) is 0. The molecule has 3 N–H and O–H groups in total. The predicted molar refractivity (Wildman–Crippen MR) is 67.7 cm³/mol. The number of anilines is 1. The van der Waals surface area contributed by atoms with Crippen LogP contribution in [0.1, 0.15) is 37.0 Å². The van der Waals surface area contributed by atoms with Crippen molar-refractivity contribution in [3.63, 3.8) is 0 Å². The summed E-state index contributed by atoms with van der Waals surface area (Å²) in [5, 5.41) is 2.75. The normalized spacial score (nSPS) is 10.3. The third-order valence-electron chi connectivity index (χ3n) is 2.24. The van der Waals surface area contributed by atoms with E-state index in [4.69, 9.17) is 5.73 Å². The van der Waals surface area contributed by atoms with E-state index < -0.39 is 0 Å². The number of Topliss-reactive ketones (excluding diaryl/α,β-unsaturated/α-hetero) is 1. The average molecular weight is 234 g/mol. The van der Waals surface area contributed by atoms with Crippen molar-refractivity contribution >= 4 is 17.4 Å². The van der Waals surface area contributed by atoms with Crippen LogP contribution in [0.2, 0.25) is 0 Å². The number of nitrogens with two attached hydrogens (primary N) is 1. The van der Waals surface area contributed by atoms with E-state index >= 15 is 0 Å². The van der Waals surface area contributed by atoms with Crippen LogP contribution in [0.15, 0.2) is 24.3 Å². The second-order valence-corrected chi connectivity index (χ2v) is 4.27. The fourth-order valence-electron chi connectivity index (χ4n) is 1.48. The molecule has 0 aromatic heterocycles. The highest BCUT2D eigenvalue weighted by Gasteiger charge is 2.09. The van der Waals surface area contributed by atoms with Gasteiger partial charge in [0, 0.05) is 30.1 Å². The van der Waals surface area contributed by atoms with Gasteiger partial charge in [-0.2, -0.15) is 0 Å². The zero-order chi connectivity index (χ0) is 12.8. The van der Waals surface area contributed by atoms with Crippen LogP contribution in [0, 0.1) is 0 Å². The maximum absolute atomic E-state index is 11.8. The zero-order valence-corrected chi connectivity index (χ0v) is 10.2. The van der Waals surface area contributed by atoms with Crippen LogP contribution < -0.4 is 11.1 Å². The van der Waals surface area contributed by atoms with Gasteiger partial charge in [-0.3, -0.25) is 9.59 Å². The lowest BCUT2D eigenvalue weighted by atomic mass is 10.1. The van der Waals surface area contributed by atoms with E-state index in [1.165, 1.54) is 0 Å². The first-order valence-corrected chi connectivity index (χ1v) is 5.67. The van der Waals surface area contributed by atoms with Gasteiger partial charge in [-0.05, 0) is 26.0 Å². The first kappa shape index (κ1) is 13.2. The highest BCUT2D eigenvalue weighted by molar-refractivity contribution is 5.98. The van der Waals surface area contributed by atoms with E-state index in [1.807, 2.05) is 13.8 Å². The summed E-state index contributed by atoms with van der Waals surface area (Å²) < 4.78 is 0. The molecule has 92 valence electrons. The van der Waals surface area contributed by atoms with Crippen molar-refractivity contribution in [3.8, 4) is 0 Å². The fourth-order valence-corrected chi connectivity index (χ4v) is 1.48. The molecule has 1 rings (SSSR count). The largest absolute Gasteiger partial charge is 0.399 e. The van der Waals surface area contributed by atoms with Gasteiger partial charge in [-0.25, -0.2) is 0 Å². The van der Waals surface area contributed by atoms with Crippen LogP contribution in [0.4, 0.5) is 5.69 Å². The lowest BCUT2D eigenvalue weighted by molar-refractivity contribution is -0.121. The Morgan fingerprint density at radius 3 is 2.59 bits per heavy atom. The van der Waals surface area contributed by atoms with Crippen molar-refractivity contribution in [1.82, 2.24) is 5.32 Å². The van der Waals surface area contributed by atoms with E-state index in [9.17, 15) is 9.59 Å². The summed E-state index contributed by atoms with van der Waals surface area (Å²) in [6.45, 7) is 3.77. The van der Waals surface area contributed by atoms with Crippen molar-refractivity contribution in [1.29, 1.82) is 0 Å². The molecule has 0 saturated carbocycles. The number of carbonyl (C=O) groups excluding carboxylic acids is 2. The monoisotopic (exact) mass is 234 g/mol. The molecule has 17 heavy (non-hydrogen) atoms. The minimum atomic E-state index is -0.0998. The SMILES string of the molecule is CC(C)NC(=O)CCC(=O)c1cccc(N)c1. The third kappa shape index (κ3) is 4.68. The van der Waals surface area contributed by atoms with Crippen molar-refractivity contribution in [2.75, 3.05) is 5.73 Å². The fraction of sp³-hybridized carbons (Fsp3) is 0.385. The zero-order valence-electron chi connectivity index (χ0n) is 10.2. The lowest BCUT2D eigenvalue weighted by Gasteiger charge is -2.07. The first-order valence-electron chi connectivity index (χ1n) is 5.67. The Morgan fingerprint density at radius 1 is 1.29 bits per heavy atom. The number of rotatable bonds is 5. The Labute approximate surface area is 101 Å². The van der Waals surface area contributed by atoms with Gasteiger partial charge < -0.3 is 11.1 Å². The van der Waals surface area contributed by atoms with E-state index in [1.54, 1.807) is 24.3 Å². The quantitative estimate of drug-likeness (QED) is 0.602. The maximum Gasteiger partial charge on any atom is 0.220 e. The van der Waals surface area contributed by atoms with E-state index in [0.29, 0.717) is 11.3 Å². The highest BCUT2D eigenvalue weighted by Crippen LogP contribution is 2.10. The number of ketones is 1. The van der Waals surface area contributed by atoms with E-state index in [0.717, 1.165) is 0 Å². The molecule has 0 spiro atoms. The summed E-state index contributed by atoms with van der Waals surface area (Å²) in [5.74, 6) is -0.159. The molecule has 0 saturated heterocycles. The Kier molecular flexibility index (Phi) is 4.69. The Hall–Kier alpha value is -1.84. The lowest BCUT2D eigenvalue weighted by Crippen LogP contribution is -2.30. The third-order valence-corrected chi connectivity index (χ3v) is 2.24. The molecule has 1 aromatic carbocycles. The number of nitrogens with one attached hydrogen (secondary N) is 1. The van der Waals surface area contributed by atoms with Crippen LogP contribution in [0.3, 0.4) is 0 Å². The van der Waals surface area contributed by atoms with Crippen molar-refractivity contribution in [2.24, 2.45) is 0 Å². The van der Waals surface area contributed by atoms with Gasteiger partial charge in [0.25, 0.3) is 0 Å². The molecule has 0 fully saturated rings. The smallest absolute Gasteiger partial charge is 0.220 e. The van der Waals surface area contributed by atoms with Crippen molar-refractivity contribution < 1.29 is 9.59 Å². The van der Waals surface area contributed by atoms with Gasteiger partial charge in [-0.1, -0.05) is 12.1 Å². The molecule has 0 unspecified atom stereocenters. The molecule has 0 atom stereocenters. The van der Waals surface area contributed by atoms with Gasteiger partial charge in [-0.15, -0.1) is 0 Å². The maximum atomic E-state index is 11.8. The molecule has 0 radical (unpaired) electrons. The summed E-state index contributed by atoms with van der Waals surface area (Å²) in [4.78, 5) is 23.1. The molecule has 4 nitrogen and oxygen atoms in total. The van der Waals surface area contributed by atoms with E-state index in [2.05, 4.69) is 5.32 Å². The van der Waals surface area contributed by atoms with Crippen LogP contribution >= 0.6 is 0 Å². The Balaban J connectivity index is 2.48. The molecule has 0 bridgehead atoms. The Morgan fingerprint density at radius 2 is 2.00 bits per heavy atom. The van der Waals surface area contributed by atoms with Gasteiger partial charge in [0.05, 0.1) is 0 Å². The molecule has 1 aromatic rings. The number of nitrogen functional groups attached to an aromatic ring is 1. The van der Waals surface area contributed by atoms with Gasteiger partial charge in [0.2, 0.25) is 5.91 Å². The second kappa shape index (κ2) is 6.03.